The summed E-state index contributed by atoms with van der Waals surface area (Å²) in [4.78, 5) is 36.7. The second-order valence-electron chi connectivity index (χ2n) is 6.24. The molecule has 0 aliphatic heterocycles. The number of amides is 1. The van der Waals surface area contributed by atoms with Crippen LogP contribution in [0.1, 0.15) is 11.1 Å². The average Bonchev–Trinajstić information content (AvgIpc) is 3.23. The fraction of sp³-hybridized carbons (Fsp3) is 0.0952. The largest absolute Gasteiger partial charge is 0.444 e. The van der Waals surface area contributed by atoms with E-state index in [1.807, 2.05) is 60.7 Å². The summed E-state index contributed by atoms with van der Waals surface area (Å²) in [6.07, 6.45) is 1.16. The number of ether oxygens (including phenoxy) is 2. The molecule has 0 bridgehead atoms. The van der Waals surface area contributed by atoms with Gasteiger partial charge in [-0.15, -0.1) is 0 Å². The van der Waals surface area contributed by atoms with Gasteiger partial charge < -0.3 is 9.47 Å². The molecule has 0 fully saturated rings. The van der Waals surface area contributed by atoms with Crippen LogP contribution in [0.5, 0.6) is 0 Å². The molecule has 0 spiro atoms. The number of nitrogens with one attached hydrogen (secondary N) is 1. The average molecular weight is 403 g/mol. The van der Waals surface area contributed by atoms with E-state index in [1.165, 1.54) is 12.7 Å². The second kappa shape index (κ2) is 8.82. The van der Waals surface area contributed by atoms with Crippen LogP contribution in [0.15, 0.2) is 73.3 Å². The first-order valence-electron chi connectivity index (χ1n) is 9.07. The Morgan fingerprint density at radius 3 is 2.13 bits per heavy atom. The van der Waals surface area contributed by atoms with Crippen molar-refractivity contribution in [3.05, 3.63) is 84.4 Å². The molecule has 4 aromatic rings. The van der Waals surface area contributed by atoms with Crippen molar-refractivity contribution in [2.24, 2.45) is 0 Å². The third-order valence-corrected chi connectivity index (χ3v) is 4.17. The van der Waals surface area contributed by atoms with Gasteiger partial charge in [0, 0.05) is 0 Å². The van der Waals surface area contributed by atoms with Crippen molar-refractivity contribution in [1.29, 1.82) is 0 Å². The molecule has 0 radical (unpaired) electrons. The van der Waals surface area contributed by atoms with Gasteiger partial charge in [-0.3, -0.25) is 5.32 Å². The van der Waals surface area contributed by atoms with Crippen LogP contribution in [-0.2, 0) is 22.7 Å². The van der Waals surface area contributed by atoms with Gasteiger partial charge in [-0.05, 0) is 11.1 Å². The van der Waals surface area contributed by atoms with Gasteiger partial charge in [-0.1, -0.05) is 60.7 Å². The van der Waals surface area contributed by atoms with Crippen LogP contribution in [-0.4, -0.2) is 31.7 Å². The van der Waals surface area contributed by atoms with E-state index < -0.39 is 12.2 Å². The summed E-state index contributed by atoms with van der Waals surface area (Å²) in [7, 11) is 0. The molecule has 9 heteroatoms. The quantitative estimate of drug-likeness (QED) is 0.540. The monoisotopic (exact) mass is 403 g/mol. The number of carbonyl (C=O) groups excluding carboxylic acids is 2. The highest BCUT2D eigenvalue weighted by Crippen LogP contribution is 2.18. The van der Waals surface area contributed by atoms with E-state index in [1.54, 1.807) is 0 Å². The van der Waals surface area contributed by atoms with Crippen molar-refractivity contribution in [1.82, 2.24) is 19.5 Å². The van der Waals surface area contributed by atoms with Gasteiger partial charge in [0.05, 0.1) is 0 Å². The zero-order valence-corrected chi connectivity index (χ0v) is 15.8. The number of hydrogen-bond donors (Lipinski definition) is 1. The summed E-state index contributed by atoms with van der Waals surface area (Å²) in [5.74, 6) is 0.132. The number of nitrogens with zero attached hydrogens (tertiary/aromatic N) is 4. The van der Waals surface area contributed by atoms with Gasteiger partial charge in [0.25, 0.3) is 0 Å². The number of anilines is 1. The fourth-order valence-electron chi connectivity index (χ4n) is 2.70. The minimum Gasteiger partial charge on any atom is -0.444 e. The number of hydrogen-bond acceptors (Lipinski definition) is 7. The molecule has 150 valence electrons. The Kier molecular flexibility index (Phi) is 5.61. The molecule has 4 rings (SSSR count). The van der Waals surface area contributed by atoms with Crippen molar-refractivity contribution < 1.29 is 19.1 Å². The molecule has 2 aromatic carbocycles. The van der Waals surface area contributed by atoms with Crippen LogP contribution in [0.3, 0.4) is 0 Å². The highest BCUT2D eigenvalue weighted by molar-refractivity contribution is 5.95. The van der Waals surface area contributed by atoms with Gasteiger partial charge in [0.1, 0.15) is 25.9 Å². The summed E-state index contributed by atoms with van der Waals surface area (Å²) in [5, 5.41) is 2.53. The van der Waals surface area contributed by atoms with Gasteiger partial charge >= 0.3 is 12.2 Å². The molecule has 9 nitrogen and oxygen atoms in total. The topological polar surface area (TPSA) is 108 Å². The zero-order valence-electron chi connectivity index (χ0n) is 15.8. The summed E-state index contributed by atoms with van der Waals surface area (Å²) in [6.45, 7) is 0.225. The summed E-state index contributed by atoms with van der Waals surface area (Å²) < 4.78 is 11.6. The molecule has 2 aromatic heterocycles. The Hall–Kier alpha value is -4.27. The predicted molar refractivity (Wildman–Crippen MR) is 108 cm³/mol. The molecule has 0 unspecified atom stereocenters. The molecule has 2 heterocycles. The Bertz CT molecular complexity index is 1160. The maximum atomic E-state index is 12.4. The van der Waals surface area contributed by atoms with Crippen molar-refractivity contribution in [3.8, 4) is 0 Å². The van der Waals surface area contributed by atoms with Crippen molar-refractivity contribution in [2.75, 3.05) is 5.32 Å². The van der Waals surface area contributed by atoms with Crippen LogP contribution in [0, 0.1) is 0 Å². The SMILES string of the molecule is O=C(Nc1ncnc2c1ncn2C(=O)OCc1ccccc1)OCc1ccccc1. The molecule has 0 aliphatic carbocycles. The second-order valence-corrected chi connectivity index (χ2v) is 6.24. The van der Waals surface area contributed by atoms with E-state index in [9.17, 15) is 9.59 Å². The molecule has 30 heavy (non-hydrogen) atoms. The molecule has 0 atom stereocenters. The normalized spacial score (nSPS) is 10.5. The summed E-state index contributed by atoms with van der Waals surface area (Å²) >= 11 is 0. The number of rotatable bonds is 5. The first kappa shape index (κ1) is 19.1. The number of imidazole rings is 1. The first-order chi connectivity index (χ1) is 14.7. The van der Waals surface area contributed by atoms with E-state index in [4.69, 9.17) is 9.47 Å². The number of carbonyl (C=O) groups is 2. The number of aromatic nitrogens is 4. The Morgan fingerprint density at radius 1 is 0.833 bits per heavy atom. The Balaban J connectivity index is 1.43. The lowest BCUT2D eigenvalue weighted by atomic mass is 10.2. The molecule has 1 N–H and O–H groups in total. The molecule has 1 amide bonds. The standard InChI is InChI=1S/C21H17N5O4/c27-20(29-11-15-7-3-1-4-8-15)25-18-17-19(23-13-22-18)26(14-24-17)21(28)30-12-16-9-5-2-6-10-16/h1-10,13-14H,11-12H2,(H,22,23,25,27). The van der Waals surface area contributed by atoms with E-state index in [2.05, 4.69) is 20.3 Å². The van der Waals surface area contributed by atoms with E-state index in [-0.39, 0.29) is 30.2 Å². The summed E-state index contributed by atoms with van der Waals surface area (Å²) in [6, 6.07) is 18.6. The molecular formula is C21H17N5O4. The lowest BCUT2D eigenvalue weighted by Crippen LogP contribution is -2.16. The van der Waals surface area contributed by atoms with Crippen LogP contribution in [0.4, 0.5) is 15.4 Å². The lowest BCUT2D eigenvalue weighted by Gasteiger charge is -2.07. The fourth-order valence-corrected chi connectivity index (χ4v) is 2.70. The molecule has 0 saturated heterocycles. The Labute approximate surface area is 171 Å². The Morgan fingerprint density at radius 2 is 1.47 bits per heavy atom. The van der Waals surface area contributed by atoms with Crippen LogP contribution < -0.4 is 5.32 Å². The lowest BCUT2D eigenvalue weighted by molar-refractivity contribution is 0.142. The third kappa shape index (κ3) is 4.41. The highest BCUT2D eigenvalue weighted by Gasteiger charge is 2.17. The molecular weight excluding hydrogens is 386 g/mol. The number of benzene rings is 2. The molecule has 0 saturated carbocycles. The smallest absolute Gasteiger partial charge is 0.421 e. The van der Waals surface area contributed by atoms with Crippen molar-refractivity contribution in [2.45, 2.75) is 13.2 Å². The van der Waals surface area contributed by atoms with Crippen molar-refractivity contribution in [3.63, 3.8) is 0 Å². The molecule has 0 aliphatic rings. The van der Waals surface area contributed by atoms with Gasteiger partial charge in [-0.25, -0.2) is 29.1 Å². The van der Waals surface area contributed by atoms with Gasteiger partial charge in [0.2, 0.25) is 0 Å². The zero-order chi connectivity index (χ0) is 20.8. The van der Waals surface area contributed by atoms with Gasteiger partial charge in [0.15, 0.2) is 17.0 Å². The van der Waals surface area contributed by atoms with E-state index in [0.717, 1.165) is 15.7 Å². The summed E-state index contributed by atoms with van der Waals surface area (Å²) in [5.41, 5.74) is 2.16. The maximum Gasteiger partial charge on any atom is 0.421 e. The van der Waals surface area contributed by atoms with Gasteiger partial charge in [-0.2, -0.15) is 0 Å². The van der Waals surface area contributed by atoms with Crippen LogP contribution in [0.2, 0.25) is 0 Å². The first-order valence-corrected chi connectivity index (χ1v) is 9.07. The van der Waals surface area contributed by atoms with E-state index in [0.29, 0.717) is 0 Å². The van der Waals surface area contributed by atoms with Crippen LogP contribution >= 0.6 is 0 Å². The minimum atomic E-state index is -0.694. The minimum absolute atomic E-state index is 0.112. The van der Waals surface area contributed by atoms with Crippen molar-refractivity contribution >= 4 is 29.2 Å². The predicted octanol–water partition coefficient (Wildman–Crippen LogP) is 3.76. The number of fused-ring (bicyclic) bond motifs is 1. The van der Waals surface area contributed by atoms with E-state index >= 15 is 0 Å². The third-order valence-electron chi connectivity index (χ3n) is 4.17. The maximum absolute atomic E-state index is 12.4. The van der Waals surface area contributed by atoms with Crippen LogP contribution in [0.25, 0.3) is 11.2 Å². The highest BCUT2D eigenvalue weighted by atomic mass is 16.6.